The first kappa shape index (κ1) is 17.9. The maximum atomic E-state index is 13.0. The van der Waals surface area contributed by atoms with Crippen LogP contribution in [-0.2, 0) is 11.3 Å². The number of pyridine rings is 1. The lowest BCUT2D eigenvalue weighted by atomic mass is 10.1. The van der Waals surface area contributed by atoms with Gasteiger partial charge in [-0.05, 0) is 25.1 Å². The predicted octanol–water partition coefficient (Wildman–Crippen LogP) is 2.77. The van der Waals surface area contributed by atoms with Crippen LogP contribution in [-0.4, -0.2) is 55.3 Å². The Balaban J connectivity index is 1.48. The Kier molecular flexibility index (Phi) is 4.35. The molecule has 4 aromatic rings. The molecule has 0 aromatic carbocycles. The van der Waals surface area contributed by atoms with Crippen LogP contribution in [0.15, 0.2) is 30.6 Å². The van der Waals surface area contributed by atoms with Gasteiger partial charge in [0.25, 0.3) is 6.43 Å². The molecule has 1 saturated heterocycles. The monoisotopic (exact) mass is 399 g/mol. The number of nitrogens with one attached hydrogen (secondary N) is 1. The highest BCUT2D eigenvalue weighted by Crippen LogP contribution is 2.26. The highest BCUT2D eigenvalue weighted by Gasteiger charge is 2.19. The topological polar surface area (TPSA) is 82.2 Å². The Morgan fingerprint density at radius 1 is 1.24 bits per heavy atom. The normalized spacial score (nSPS) is 14.8. The van der Waals surface area contributed by atoms with Gasteiger partial charge < -0.3 is 14.6 Å². The van der Waals surface area contributed by atoms with Crippen molar-refractivity contribution in [3.05, 3.63) is 36.4 Å². The van der Waals surface area contributed by atoms with Crippen molar-refractivity contribution >= 4 is 22.6 Å². The minimum Gasteiger partial charge on any atom is -0.381 e. The summed E-state index contributed by atoms with van der Waals surface area (Å²) < 4.78 is 34.3. The zero-order valence-electron chi connectivity index (χ0n) is 15.7. The largest absolute Gasteiger partial charge is 0.381 e. The van der Waals surface area contributed by atoms with E-state index < -0.39 is 13.0 Å². The van der Waals surface area contributed by atoms with Crippen LogP contribution in [0.5, 0.6) is 0 Å². The van der Waals surface area contributed by atoms with Crippen LogP contribution in [0.2, 0.25) is 0 Å². The molecule has 0 spiro atoms. The van der Waals surface area contributed by atoms with Gasteiger partial charge in [-0.15, -0.1) is 5.10 Å². The van der Waals surface area contributed by atoms with E-state index in [1.165, 1.54) is 4.57 Å². The minimum atomic E-state index is -2.47. The molecule has 0 saturated carbocycles. The summed E-state index contributed by atoms with van der Waals surface area (Å²) in [5, 5.41) is 7.70. The number of anilines is 1. The Morgan fingerprint density at radius 2 is 2.10 bits per heavy atom. The van der Waals surface area contributed by atoms with Crippen molar-refractivity contribution in [1.29, 1.82) is 0 Å². The SMILES string of the molecule is Cc1nc2ccc(-c3ccn4nc(NCC5COC5)ncc34)nc2n1CC(F)F. The summed E-state index contributed by atoms with van der Waals surface area (Å²) in [6.45, 7) is 3.57. The second kappa shape index (κ2) is 7.03. The maximum Gasteiger partial charge on any atom is 0.256 e. The molecule has 5 rings (SSSR count). The third kappa shape index (κ3) is 3.29. The molecule has 0 atom stereocenters. The van der Waals surface area contributed by atoms with Gasteiger partial charge in [0.2, 0.25) is 5.95 Å². The van der Waals surface area contributed by atoms with Crippen LogP contribution in [0.1, 0.15) is 5.82 Å². The molecule has 1 aliphatic heterocycles. The maximum absolute atomic E-state index is 13.0. The van der Waals surface area contributed by atoms with Gasteiger partial charge in [-0.1, -0.05) is 0 Å². The number of rotatable bonds is 6. The smallest absolute Gasteiger partial charge is 0.256 e. The van der Waals surface area contributed by atoms with Gasteiger partial charge in [-0.2, -0.15) is 0 Å². The van der Waals surface area contributed by atoms with Crippen LogP contribution in [0.25, 0.3) is 27.9 Å². The molecular formula is C19H19F2N7O. The van der Waals surface area contributed by atoms with E-state index in [-0.39, 0.29) is 0 Å². The predicted molar refractivity (Wildman–Crippen MR) is 103 cm³/mol. The highest BCUT2D eigenvalue weighted by molar-refractivity contribution is 5.82. The number of aromatic nitrogens is 6. The van der Waals surface area contributed by atoms with E-state index in [9.17, 15) is 8.78 Å². The molecule has 0 amide bonds. The molecular weight excluding hydrogens is 380 g/mol. The van der Waals surface area contributed by atoms with E-state index in [1.807, 2.05) is 18.3 Å². The van der Waals surface area contributed by atoms with Gasteiger partial charge in [-0.25, -0.2) is 28.2 Å². The van der Waals surface area contributed by atoms with Crippen molar-refractivity contribution < 1.29 is 13.5 Å². The van der Waals surface area contributed by atoms with Crippen LogP contribution in [0, 0.1) is 12.8 Å². The molecule has 29 heavy (non-hydrogen) atoms. The molecule has 4 aromatic heterocycles. The Labute approximate surface area is 164 Å². The number of halogens is 2. The van der Waals surface area contributed by atoms with Crippen molar-refractivity contribution in [3.63, 3.8) is 0 Å². The van der Waals surface area contributed by atoms with E-state index in [0.717, 1.165) is 30.8 Å². The molecule has 0 unspecified atom stereocenters. The summed E-state index contributed by atoms with van der Waals surface area (Å²) in [5.41, 5.74) is 3.31. The fourth-order valence-corrected chi connectivity index (χ4v) is 3.46. The zero-order chi connectivity index (χ0) is 20.0. The molecule has 150 valence electrons. The first-order chi connectivity index (χ1) is 14.1. The number of fused-ring (bicyclic) bond motifs is 2. The number of hydrogen-bond donors (Lipinski definition) is 1. The number of alkyl halides is 2. The van der Waals surface area contributed by atoms with Crippen molar-refractivity contribution in [3.8, 4) is 11.3 Å². The second-order valence-corrected chi connectivity index (χ2v) is 7.13. The van der Waals surface area contributed by atoms with Crippen LogP contribution in [0.4, 0.5) is 14.7 Å². The van der Waals surface area contributed by atoms with Crippen molar-refractivity contribution in [1.82, 2.24) is 29.1 Å². The van der Waals surface area contributed by atoms with E-state index in [2.05, 4.69) is 25.4 Å². The van der Waals surface area contributed by atoms with Gasteiger partial charge >= 0.3 is 0 Å². The number of ether oxygens (including phenoxy) is 1. The number of imidazole rings is 1. The van der Waals surface area contributed by atoms with E-state index >= 15 is 0 Å². The molecule has 1 aliphatic rings. The average molecular weight is 399 g/mol. The second-order valence-electron chi connectivity index (χ2n) is 7.13. The Bertz CT molecular complexity index is 1180. The first-order valence-corrected chi connectivity index (χ1v) is 9.37. The summed E-state index contributed by atoms with van der Waals surface area (Å²) in [6.07, 6.45) is 1.09. The van der Waals surface area contributed by atoms with Gasteiger partial charge in [0.05, 0.1) is 37.2 Å². The number of nitrogens with zero attached hydrogens (tertiary/aromatic N) is 6. The van der Waals surface area contributed by atoms with Gasteiger partial charge in [0.15, 0.2) is 5.65 Å². The molecule has 0 radical (unpaired) electrons. The van der Waals surface area contributed by atoms with Crippen LogP contribution >= 0.6 is 0 Å². The molecule has 8 nitrogen and oxygen atoms in total. The van der Waals surface area contributed by atoms with Gasteiger partial charge in [0.1, 0.15) is 11.3 Å². The van der Waals surface area contributed by atoms with E-state index in [1.54, 1.807) is 23.7 Å². The summed E-state index contributed by atoms with van der Waals surface area (Å²) in [7, 11) is 0. The molecule has 1 N–H and O–H groups in total. The van der Waals surface area contributed by atoms with Gasteiger partial charge in [-0.3, -0.25) is 0 Å². The molecule has 5 heterocycles. The zero-order valence-corrected chi connectivity index (χ0v) is 15.7. The Morgan fingerprint density at radius 3 is 2.86 bits per heavy atom. The fourth-order valence-electron chi connectivity index (χ4n) is 3.46. The number of hydrogen-bond acceptors (Lipinski definition) is 6. The van der Waals surface area contributed by atoms with Crippen LogP contribution in [0.3, 0.4) is 0 Å². The molecule has 0 bridgehead atoms. The summed E-state index contributed by atoms with van der Waals surface area (Å²) in [6, 6.07) is 5.52. The fraction of sp³-hybridized carbons (Fsp3) is 0.368. The summed E-state index contributed by atoms with van der Waals surface area (Å²) in [4.78, 5) is 13.3. The lowest BCUT2D eigenvalue weighted by molar-refractivity contribution is -0.0249. The average Bonchev–Trinajstić information content (AvgIpc) is 3.21. The lowest BCUT2D eigenvalue weighted by Crippen LogP contribution is -2.33. The number of aryl methyl sites for hydroxylation is 1. The lowest BCUT2D eigenvalue weighted by Gasteiger charge is -2.25. The highest BCUT2D eigenvalue weighted by atomic mass is 19.3. The van der Waals surface area contributed by atoms with Crippen LogP contribution < -0.4 is 5.32 Å². The molecule has 10 heteroatoms. The third-order valence-corrected chi connectivity index (χ3v) is 5.05. The standard InChI is InChI=1S/C19H19F2N7O/c1-11-24-15-3-2-14(25-18(15)27(11)8-17(20)21)13-4-5-28-16(13)7-23-19(26-28)22-6-12-9-29-10-12/h2-5,7,12,17H,6,8-10H2,1H3,(H,22,26). The van der Waals surface area contributed by atoms with E-state index in [4.69, 9.17) is 4.74 Å². The van der Waals surface area contributed by atoms with Crippen molar-refractivity contribution in [2.24, 2.45) is 5.92 Å². The summed E-state index contributed by atoms with van der Waals surface area (Å²) in [5.74, 6) is 1.55. The molecule has 1 fully saturated rings. The van der Waals surface area contributed by atoms with Crippen molar-refractivity contribution in [2.75, 3.05) is 25.1 Å². The minimum absolute atomic E-state index is 0.431. The van der Waals surface area contributed by atoms with E-state index in [0.29, 0.717) is 34.5 Å². The van der Waals surface area contributed by atoms with Gasteiger partial charge in [0, 0.05) is 24.2 Å². The molecule has 0 aliphatic carbocycles. The summed E-state index contributed by atoms with van der Waals surface area (Å²) >= 11 is 0. The Hall–Kier alpha value is -3.14. The quantitative estimate of drug-likeness (QED) is 0.537. The van der Waals surface area contributed by atoms with Crippen molar-refractivity contribution in [2.45, 2.75) is 19.9 Å². The third-order valence-electron chi connectivity index (χ3n) is 5.05. The first-order valence-electron chi connectivity index (χ1n) is 9.37.